The largest absolute Gasteiger partial charge is 0.395 e. The average molecular weight is 212 g/mol. The van der Waals surface area contributed by atoms with Crippen LogP contribution in [0.15, 0.2) is 18.2 Å². The highest BCUT2D eigenvalue weighted by Crippen LogP contribution is 2.09. The van der Waals surface area contributed by atoms with Crippen molar-refractivity contribution >= 4 is 0 Å². The van der Waals surface area contributed by atoms with Crippen LogP contribution in [0.1, 0.15) is 11.1 Å². The summed E-state index contributed by atoms with van der Waals surface area (Å²) in [5, 5.41) is 11.6. The van der Waals surface area contributed by atoms with E-state index in [0.29, 0.717) is 12.1 Å². The van der Waals surface area contributed by atoms with Crippen LogP contribution in [0.3, 0.4) is 0 Å². The lowest BCUT2D eigenvalue weighted by molar-refractivity contribution is 0.293. The van der Waals surface area contributed by atoms with Gasteiger partial charge in [0.05, 0.1) is 6.61 Å². The number of halogens is 1. The molecule has 15 heavy (non-hydrogen) atoms. The van der Waals surface area contributed by atoms with Gasteiger partial charge in [-0.25, -0.2) is 4.39 Å². The zero-order valence-electron chi connectivity index (χ0n) is 8.67. The highest BCUT2D eigenvalue weighted by atomic mass is 19.1. The standard InChI is InChI=1S/C11H17FN2O/c12-11-7-9(1-2-10(11)8-13)3-4-14-5-6-15/h1-2,7,14-15H,3-6,8,13H2. The third-order valence-corrected chi connectivity index (χ3v) is 2.22. The Labute approximate surface area is 89.1 Å². The fourth-order valence-electron chi connectivity index (χ4n) is 1.35. The van der Waals surface area contributed by atoms with E-state index < -0.39 is 0 Å². The van der Waals surface area contributed by atoms with Gasteiger partial charge in [-0.2, -0.15) is 0 Å². The van der Waals surface area contributed by atoms with Crippen LogP contribution in [0.5, 0.6) is 0 Å². The molecule has 1 rings (SSSR count). The van der Waals surface area contributed by atoms with E-state index in [1.807, 2.05) is 6.07 Å². The van der Waals surface area contributed by atoms with Gasteiger partial charge in [0, 0.05) is 18.7 Å². The zero-order valence-corrected chi connectivity index (χ0v) is 8.67. The van der Waals surface area contributed by atoms with Crippen molar-refractivity contribution in [2.75, 3.05) is 19.7 Å². The molecule has 4 heteroatoms. The quantitative estimate of drug-likeness (QED) is 0.599. The minimum absolute atomic E-state index is 0.125. The topological polar surface area (TPSA) is 58.3 Å². The molecule has 0 aliphatic heterocycles. The molecular formula is C11H17FN2O. The maximum atomic E-state index is 13.3. The molecule has 84 valence electrons. The summed E-state index contributed by atoms with van der Waals surface area (Å²) in [6, 6.07) is 5.12. The smallest absolute Gasteiger partial charge is 0.127 e. The van der Waals surface area contributed by atoms with E-state index in [4.69, 9.17) is 10.8 Å². The molecule has 0 saturated heterocycles. The van der Waals surface area contributed by atoms with Crippen molar-refractivity contribution in [1.82, 2.24) is 5.32 Å². The molecule has 0 aliphatic rings. The molecule has 0 spiro atoms. The van der Waals surface area contributed by atoms with E-state index in [-0.39, 0.29) is 19.0 Å². The number of nitrogens with one attached hydrogen (secondary N) is 1. The van der Waals surface area contributed by atoms with E-state index in [1.54, 1.807) is 6.07 Å². The summed E-state index contributed by atoms with van der Waals surface area (Å²) in [5.74, 6) is -0.239. The van der Waals surface area contributed by atoms with E-state index in [2.05, 4.69) is 5.32 Å². The van der Waals surface area contributed by atoms with Crippen molar-refractivity contribution in [1.29, 1.82) is 0 Å². The first-order chi connectivity index (χ1) is 7.27. The Morgan fingerprint density at radius 3 is 2.73 bits per heavy atom. The minimum atomic E-state index is -0.239. The summed E-state index contributed by atoms with van der Waals surface area (Å²) in [4.78, 5) is 0. The summed E-state index contributed by atoms with van der Waals surface area (Å²) in [6.45, 7) is 1.67. The molecule has 0 atom stereocenters. The zero-order chi connectivity index (χ0) is 11.1. The molecule has 0 aromatic heterocycles. The molecule has 0 heterocycles. The summed E-state index contributed by atoms with van der Waals surface area (Å²) in [6.07, 6.45) is 0.752. The lowest BCUT2D eigenvalue weighted by atomic mass is 10.1. The lowest BCUT2D eigenvalue weighted by Crippen LogP contribution is -2.20. The predicted molar refractivity (Wildman–Crippen MR) is 58.0 cm³/mol. The van der Waals surface area contributed by atoms with Gasteiger partial charge >= 0.3 is 0 Å². The van der Waals surface area contributed by atoms with Gasteiger partial charge in [-0.05, 0) is 24.6 Å². The first-order valence-electron chi connectivity index (χ1n) is 5.07. The maximum absolute atomic E-state index is 13.3. The molecule has 0 aliphatic carbocycles. The summed E-state index contributed by atoms with van der Waals surface area (Å²) < 4.78 is 13.3. The number of hydrogen-bond donors (Lipinski definition) is 3. The van der Waals surface area contributed by atoms with Gasteiger partial charge in [-0.1, -0.05) is 12.1 Å². The highest BCUT2D eigenvalue weighted by Gasteiger charge is 2.01. The van der Waals surface area contributed by atoms with Crippen LogP contribution >= 0.6 is 0 Å². The van der Waals surface area contributed by atoms with Gasteiger partial charge in [0.2, 0.25) is 0 Å². The molecular weight excluding hydrogens is 195 g/mol. The number of aliphatic hydroxyl groups excluding tert-OH is 1. The third kappa shape index (κ3) is 3.95. The predicted octanol–water partition coefficient (Wildman–Crippen LogP) is 0.409. The van der Waals surface area contributed by atoms with Crippen LogP contribution in [-0.2, 0) is 13.0 Å². The molecule has 0 saturated carbocycles. The summed E-state index contributed by atoms with van der Waals surface area (Å²) in [5.41, 5.74) is 6.84. The van der Waals surface area contributed by atoms with E-state index >= 15 is 0 Å². The Kier molecular flexibility index (Phi) is 5.25. The van der Waals surface area contributed by atoms with E-state index in [1.165, 1.54) is 6.07 Å². The Morgan fingerprint density at radius 2 is 2.13 bits per heavy atom. The molecule has 0 bridgehead atoms. The van der Waals surface area contributed by atoms with Gasteiger partial charge < -0.3 is 16.2 Å². The Bertz CT molecular complexity index is 305. The second-order valence-electron chi connectivity index (χ2n) is 3.35. The molecule has 0 unspecified atom stereocenters. The average Bonchev–Trinajstić information content (AvgIpc) is 2.25. The third-order valence-electron chi connectivity index (χ3n) is 2.22. The normalized spacial score (nSPS) is 10.6. The fraction of sp³-hybridized carbons (Fsp3) is 0.455. The first kappa shape index (κ1) is 12.1. The van der Waals surface area contributed by atoms with Crippen LogP contribution in [0.2, 0.25) is 0 Å². The Hall–Kier alpha value is -0.970. The van der Waals surface area contributed by atoms with Crippen molar-refractivity contribution in [3.05, 3.63) is 35.1 Å². The summed E-state index contributed by atoms with van der Waals surface area (Å²) in [7, 11) is 0. The minimum Gasteiger partial charge on any atom is -0.395 e. The molecule has 0 radical (unpaired) electrons. The number of hydrogen-bond acceptors (Lipinski definition) is 3. The van der Waals surface area contributed by atoms with Gasteiger partial charge in [-0.3, -0.25) is 0 Å². The second-order valence-corrected chi connectivity index (χ2v) is 3.35. The molecule has 0 fully saturated rings. The van der Waals surface area contributed by atoms with Crippen LogP contribution < -0.4 is 11.1 Å². The van der Waals surface area contributed by atoms with Gasteiger partial charge in [0.1, 0.15) is 5.82 Å². The number of nitrogens with two attached hydrogens (primary N) is 1. The first-order valence-corrected chi connectivity index (χ1v) is 5.07. The van der Waals surface area contributed by atoms with Gasteiger partial charge in [0.15, 0.2) is 0 Å². The maximum Gasteiger partial charge on any atom is 0.127 e. The van der Waals surface area contributed by atoms with Crippen molar-refractivity contribution in [2.45, 2.75) is 13.0 Å². The number of rotatable bonds is 6. The second kappa shape index (κ2) is 6.50. The van der Waals surface area contributed by atoms with Gasteiger partial charge in [-0.15, -0.1) is 0 Å². The molecule has 0 amide bonds. The highest BCUT2D eigenvalue weighted by molar-refractivity contribution is 5.24. The van der Waals surface area contributed by atoms with Crippen LogP contribution in [0.25, 0.3) is 0 Å². The fourth-order valence-corrected chi connectivity index (χ4v) is 1.35. The molecule has 3 nitrogen and oxygen atoms in total. The van der Waals surface area contributed by atoms with E-state index in [9.17, 15) is 4.39 Å². The van der Waals surface area contributed by atoms with Crippen LogP contribution in [-0.4, -0.2) is 24.8 Å². The number of aliphatic hydroxyl groups is 1. The SMILES string of the molecule is NCc1ccc(CCNCCO)cc1F. The van der Waals surface area contributed by atoms with Crippen molar-refractivity contribution in [2.24, 2.45) is 5.73 Å². The van der Waals surface area contributed by atoms with Crippen molar-refractivity contribution < 1.29 is 9.50 Å². The molecule has 4 N–H and O–H groups in total. The van der Waals surface area contributed by atoms with Crippen molar-refractivity contribution in [3.63, 3.8) is 0 Å². The van der Waals surface area contributed by atoms with E-state index in [0.717, 1.165) is 18.5 Å². The van der Waals surface area contributed by atoms with Gasteiger partial charge in [0.25, 0.3) is 0 Å². The Morgan fingerprint density at radius 1 is 1.33 bits per heavy atom. The lowest BCUT2D eigenvalue weighted by Gasteiger charge is -2.05. The molecule has 1 aromatic rings. The van der Waals surface area contributed by atoms with Crippen molar-refractivity contribution in [3.8, 4) is 0 Å². The number of benzene rings is 1. The summed E-state index contributed by atoms with van der Waals surface area (Å²) >= 11 is 0. The molecule has 1 aromatic carbocycles. The Balaban J connectivity index is 2.45. The van der Waals surface area contributed by atoms with Crippen LogP contribution in [0, 0.1) is 5.82 Å². The monoisotopic (exact) mass is 212 g/mol. The van der Waals surface area contributed by atoms with Crippen LogP contribution in [0.4, 0.5) is 4.39 Å².